The second-order valence-corrected chi connectivity index (χ2v) is 9.29. The van der Waals surface area contributed by atoms with Gasteiger partial charge in [0.15, 0.2) is 5.96 Å². The van der Waals surface area contributed by atoms with Crippen molar-refractivity contribution in [2.75, 3.05) is 33.3 Å². The highest BCUT2D eigenvalue weighted by Gasteiger charge is 2.25. The summed E-state index contributed by atoms with van der Waals surface area (Å²) in [4.78, 5) is 25.5. The van der Waals surface area contributed by atoms with Gasteiger partial charge in [0, 0.05) is 18.5 Å². The third kappa shape index (κ3) is 6.87. The van der Waals surface area contributed by atoms with Crippen LogP contribution in [0, 0.1) is 6.92 Å². The molecule has 1 fully saturated rings. The number of nitrogens with one attached hydrogen (secondary N) is 2. The molecule has 7 nitrogen and oxygen atoms in total. The third-order valence-electron chi connectivity index (χ3n) is 5.14. The smallest absolute Gasteiger partial charge is 0.350 e. The Morgan fingerprint density at radius 3 is 2.74 bits per heavy atom. The predicted octanol–water partition coefficient (Wildman–Crippen LogP) is 4.37. The Hall–Kier alpha value is -1.24. The number of hydrogen-bond acceptors (Lipinski definition) is 7. The van der Waals surface area contributed by atoms with Crippen LogP contribution in [-0.2, 0) is 4.74 Å². The highest BCUT2D eigenvalue weighted by molar-refractivity contribution is 14.0. The minimum absolute atomic E-state index is 0. The molecule has 0 aromatic carbocycles. The fourth-order valence-corrected chi connectivity index (χ4v) is 5.41. The number of thiophene rings is 1. The van der Waals surface area contributed by atoms with Crippen molar-refractivity contribution in [2.45, 2.75) is 45.7 Å². The molecule has 0 bridgehead atoms. The van der Waals surface area contributed by atoms with Crippen LogP contribution in [0.2, 0.25) is 0 Å². The van der Waals surface area contributed by atoms with Gasteiger partial charge in [-0.1, -0.05) is 6.07 Å². The second kappa shape index (κ2) is 12.7. The fraction of sp³-hybridized carbons (Fsp3) is 0.571. The van der Waals surface area contributed by atoms with Crippen LogP contribution in [0.3, 0.4) is 0 Å². The van der Waals surface area contributed by atoms with E-state index in [0.29, 0.717) is 23.2 Å². The predicted molar refractivity (Wildman–Crippen MR) is 139 cm³/mol. The Labute approximate surface area is 209 Å². The molecule has 2 unspecified atom stereocenters. The van der Waals surface area contributed by atoms with E-state index in [0.717, 1.165) is 30.6 Å². The Morgan fingerprint density at radius 1 is 1.39 bits per heavy atom. The molecule has 10 heteroatoms. The van der Waals surface area contributed by atoms with Gasteiger partial charge in [-0.25, -0.2) is 9.78 Å². The molecule has 2 N–H and O–H groups in total. The normalized spacial score (nSPS) is 16.5. The van der Waals surface area contributed by atoms with Crippen LogP contribution >= 0.6 is 46.7 Å². The van der Waals surface area contributed by atoms with Gasteiger partial charge in [0.2, 0.25) is 0 Å². The van der Waals surface area contributed by atoms with Crippen molar-refractivity contribution in [2.24, 2.45) is 4.99 Å². The van der Waals surface area contributed by atoms with Crippen LogP contribution in [0.15, 0.2) is 22.5 Å². The SMILES string of the molecule is CCOC(=O)c1sc(C(C)NC(=NC)NCC(c2cccs2)N2CCCC2)nc1C.I. The molecule has 0 amide bonds. The Bertz CT molecular complexity index is 850. The van der Waals surface area contributed by atoms with E-state index in [4.69, 9.17) is 4.74 Å². The topological polar surface area (TPSA) is 78.8 Å². The van der Waals surface area contributed by atoms with E-state index >= 15 is 0 Å². The van der Waals surface area contributed by atoms with Crippen LogP contribution in [0.1, 0.15) is 64.0 Å². The quantitative estimate of drug-likeness (QED) is 0.210. The summed E-state index contributed by atoms with van der Waals surface area (Å²) in [5.74, 6) is 0.423. The van der Waals surface area contributed by atoms with Gasteiger partial charge < -0.3 is 15.4 Å². The van der Waals surface area contributed by atoms with Crippen LogP contribution in [0.4, 0.5) is 0 Å². The first-order valence-corrected chi connectivity index (χ1v) is 12.1. The number of rotatable bonds is 8. The molecular formula is C21H32IN5O2S2. The number of aromatic nitrogens is 1. The monoisotopic (exact) mass is 577 g/mol. The molecular weight excluding hydrogens is 545 g/mol. The molecule has 0 saturated carbocycles. The lowest BCUT2D eigenvalue weighted by molar-refractivity contribution is 0.0531. The number of nitrogens with zero attached hydrogens (tertiary/aromatic N) is 3. The molecule has 2 aromatic rings. The molecule has 1 aliphatic rings. The Balaban J connectivity index is 0.00000341. The number of halogens is 1. The van der Waals surface area contributed by atoms with Crippen molar-refractivity contribution >= 4 is 58.6 Å². The average molecular weight is 578 g/mol. The molecule has 0 spiro atoms. The van der Waals surface area contributed by atoms with Gasteiger partial charge in [-0.3, -0.25) is 9.89 Å². The standard InChI is InChI=1S/C21H31N5O2S2.HI/c1-5-28-20(27)18-14(2)24-19(30-18)15(3)25-21(22-4)23-13-16(17-9-8-12-29-17)26-10-6-7-11-26;/h8-9,12,15-16H,5-7,10-11,13H2,1-4H3,(H2,22,23,25);1H. The molecule has 2 atom stereocenters. The molecule has 3 heterocycles. The summed E-state index contributed by atoms with van der Waals surface area (Å²) < 4.78 is 5.12. The number of thiazole rings is 1. The van der Waals surface area contributed by atoms with Crippen molar-refractivity contribution in [1.82, 2.24) is 20.5 Å². The molecule has 0 aliphatic carbocycles. The lowest BCUT2D eigenvalue weighted by Crippen LogP contribution is -2.43. The van der Waals surface area contributed by atoms with E-state index < -0.39 is 0 Å². The fourth-order valence-electron chi connectivity index (χ4n) is 3.59. The highest BCUT2D eigenvalue weighted by atomic mass is 127. The minimum Gasteiger partial charge on any atom is -0.462 e. The van der Waals surface area contributed by atoms with Crippen LogP contribution in [-0.4, -0.2) is 55.1 Å². The summed E-state index contributed by atoms with van der Waals surface area (Å²) >= 11 is 3.18. The molecule has 0 radical (unpaired) electrons. The first kappa shape index (κ1) is 26.0. The number of carbonyl (C=O) groups excluding carboxylic acids is 1. The first-order valence-electron chi connectivity index (χ1n) is 10.4. The van der Waals surface area contributed by atoms with E-state index in [9.17, 15) is 4.79 Å². The molecule has 1 saturated heterocycles. The van der Waals surface area contributed by atoms with Crippen LogP contribution < -0.4 is 10.6 Å². The van der Waals surface area contributed by atoms with E-state index in [2.05, 4.69) is 43.0 Å². The van der Waals surface area contributed by atoms with Gasteiger partial charge in [-0.2, -0.15) is 0 Å². The summed E-state index contributed by atoms with van der Waals surface area (Å²) in [5.41, 5.74) is 0.705. The number of esters is 1. The minimum atomic E-state index is -0.308. The molecule has 1 aliphatic heterocycles. The first-order chi connectivity index (χ1) is 14.5. The summed E-state index contributed by atoms with van der Waals surface area (Å²) in [5, 5.41) is 9.87. The maximum atomic E-state index is 12.1. The Kier molecular flexibility index (Phi) is 10.7. The van der Waals surface area contributed by atoms with Gasteiger partial charge in [0.25, 0.3) is 0 Å². The van der Waals surface area contributed by atoms with E-state index in [1.165, 1.54) is 29.1 Å². The van der Waals surface area contributed by atoms with Crippen molar-refractivity contribution in [3.8, 4) is 0 Å². The van der Waals surface area contributed by atoms with Gasteiger partial charge >= 0.3 is 5.97 Å². The summed E-state index contributed by atoms with van der Waals surface area (Å²) in [6.07, 6.45) is 2.52. The second-order valence-electron chi connectivity index (χ2n) is 7.28. The lowest BCUT2D eigenvalue weighted by Gasteiger charge is -2.28. The number of aryl methyl sites for hydroxylation is 1. The molecule has 3 rings (SSSR count). The number of hydrogen-bond donors (Lipinski definition) is 2. The number of carbonyl (C=O) groups is 1. The van der Waals surface area contributed by atoms with Crippen molar-refractivity contribution in [3.05, 3.63) is 38.0 Å². The molecule has 31 heavy (non-hydrogen) atoms. The zero-order valence-electron chi connectivity index (χ0n) is 18.5. The summed E-state index contributed by atoms with van der Waals surface area (Å²) in [6.45, 7) is 9.10. The number of likely N-dealkylation sites (tertiary alicyclic amines) is 1. The zero-order chi connectivity index (χ0) is 21.5. The van der Waals surface area contributed by atoms with E-state index in [1.807, 2.05) is 13.8 Å². The lowest BCUT2D eigenvalue weighted by atomic mass is 10.2. The zero-order valence-corrected chi connectivity index (χ0v) is 22.5. The van der Waals surface area contributed by atoms with Crippen molar-refractivity contribution < 1.29 is 9.53 Å². The maximum Gasteiger partial charge on any atom is 0.350 e. The van der Waals surface area contributed by atoms with Gasteiger partial charge in [0.1, 0.15) is 9.88 Å². The van der Waals surface area contributed by atoms with E-state index in [-0.39, 0.29) is 36.0 Å². The van der Waals surface area contributed by atoms with E-state index in [1.54, 1.807) is 25.3 Å². The van der Waals surface area contributed by atoms with Crippen molar-refractivity contribution in [3.63, 3.8) is 0 Å². The number of aliphatic imine (C=N–C) groups is 1. The summed E-state index contributed by atoms with van der Waals surface area (Å²) in [7, 11) is 1.77. The number of guanidine groups is 1. The van der Waals surface area contributed by atoms with Crippen molar-refractivity contribution in [1.29, 1.82) is 0 Å². The number of ether oxygens (including phenoxy) is 1. The van der Waals surface area contributed by atoms with Crippen LogP contribution in [0.5, 0.6) is 0 Å². The third-order valence-corrected chi connectivity index (χ3v) is 7.43. The molecule has 172 valence electrons. The summed E-state index contributed by atoms with van der Waals surface area (Å²) in [6, 6.07) is 4.60. The molecule has 2 aromatic heterocycles. The van der Waals surface area contributed by atoms with Gasteiger partial charge in [0.05, 0.1) is 24.4 Å². The maximum absolute atomic E-state index is 12.1. The Morgan fingerprint density at radius 2 is 2.13 bits per heavy atom. The van der Waals surface area contributed by atoms with Gasteiger partial charge in [-0.05, 0) is 58.1 Å². The van der Waals surface area contributed by atoms with Gasteiger partial charge in [-0.15, -0.1) is 46.7 Å². The average Bonchev–Trinajstić information content (AvgIpc) is 3.49. The highest BCUT2D eigenvalue weighted by Crippen LogP contribution is 2.28. The largest absolute Gasteiger partial charge is 0.462 e. The van der Waals surface area contributed by atoms with Crippen LogP contribution in [0.25, 0.3) is 0 Å².